The first-order valence-electron chi connectivity index (χ1n) is 4.89. The molecule has 3 nitrogen and oxygen atoms in total. The third-order valence-electron chi connectivity index (χ3n) is 2.34. The molecule has 3 N–H and O–H groups in total. The first kappa shape index (κ1) is 9.21. The first-order chi connectivity index (χ1) is 6.79. The Labute approximate surface area is 83.3 Å². The molecule has 1 aliphatic carbocycles. The summed E-state index contributed by atoms with van der Waals surface area (Å²) in [4.78, 5) is 11.6. The van der Waals surface area contributed by atoms with Crippen molar-refractivity contribution in [3.05, 3.63) is 35.4 Å². The maximum atomic E-state index is 11.6. The van der Waals surface area contributed by atoms with Gasteiger partial charge >= 0.3 is 0 Å². The zero-order chi connectivity index (χ0) is 9.97. The number of carbonyl (C=O) groups is 1. The Kier molecular flexibility index (Phi) is 2.50. The summed E-state index contributed by atoms with van der Waals surface area (Å²) in [6.07, 6.45) is 2.23. The zero-order valence-corrected chi connectivity index (χ0v) is 7.99. The summed E-state index contributed by atoms with van der Waals surface area (Å²) in [5.74, 6) is 0.0165. The van der Waals surface area contributed by atoms with Crippen molar-refractivity contribution < 1.29 is 4.79 Å². The average Bonchev–Trinajstić information content (AvgIpc) is 3.02. The van der Waals surface area contributed by atoms with Crippen molar-refractivity contribution in [3.63, 3.8) is 0 Å². The fourth-order valence-corrected chi connectivity index (χ4v) is 1.34. The van der Waals surface area contributed by atoms with Crippen LogP contribution in [0.25, 0.3) is 0 Å². The summed E-state index contributed by atoms with van der Waals surface area (Å²) in [6.45, 7) is 0.477. The average molecular weight is 190 g/mol. The summed E-state index contributed by atoms with van der Waals surface area (Å²) in [6, 6.07) is 7.86. The molecule has 0 saturated heterocycles. The van der Waals surface area contributed by atoms with Crippen LogP contribution in [0.5, 0.6) is 0 Å². The van der Waals surface area contributed by atoms with E-state index in [1.807, 2.05) is 24.3 Å². The van der Waals surface area contributed by atoms with Crippen LogP contribution in [0.15, 0.2) is 24.3 Å². The molecule has 0 atom stereocenters. The lowest BCUT2D eigenvalue weighted by Gasteiger charge is -2.04. The van der Waals surface area contributed by atoms with Gasteiger partial charge < -0.3 is 11.1 Å². The summed E-state index contributed by atoms with van der Waals surface area (Å²) in [7, 11) is 0. The van der Waals surface area contributed by atoms with Crippen LogP contribution in [0.1, 0.15) is 28.8 Å². The van der Waals surface area contributed by atoms with Crippen LogP contribution in [-0.4, -0.2) is 11.9 Å². The fourth-order valence-electron chi connectivity index (χ4n) is 1.34. The molecule has 0 radical (unpaired) electrons. The van der Waals surface area contributed by atoms with Gasteiger partial charge in [-0.25, -0.2) is 0 Å². The highest BCUT2D eigenvalue weighted by Gasteiger charge is 2.23. The van der Waals surface area contributed by atoms with Crippen molar-refractivity contribution in [1.29, 1.82) is 0 Å². The minimum absolute atomic E-state index is 0.0165. The van der Waals surface area contributed by atoms with Crippen LogP contribution in [0.2, 0.25) is 0 Å². The SMILES string of the molecule is NCc1cccc(C(=O)NC2CC2)c1. The molecule has 1 saturated carbocycles. The molecular weight excluding hydrogens is 176 g/mol. The van der Waals surface area contributed by atoms with E-state index in [0.29, 0.717) is 18.2 Å². The van der Waals surface area contributed by atoms with E-state index in [-0.39, 0.29) is 5.91 Å². The van der Waals surface area contributed by atoms with Crippen molar-refractivity contribution in [2.75, 3.05) is 0 Å². The van der Waals surface area contributed by atoms with Crippen LogP contribution in [0, 0.1) is 0 Å². The number of nitrogens with two attached hydrogens (primary N) is 1. The summed E-state index contributed by atoms with van der Waals surface area (Å²) in [5, 5.41) is 2.94. The number of rotatable bonds is 3. The molecule has 1 fully saturated rings. The van der Waals surface area contributed by atoms with Crippen molar-refractivity contribution >= 4 is 5.91 Å². The molecule has 0 bridgehead atoms. The number of nitrogens with one attached hydrogen (secondary N) is 1. The molecule has 0 unspecified atom stereocenters. The standard InChI is InChI=1S/C11H14N2O/c12-7-8-2-1-3-9(6-8)11(14)13-10-4-5-10/h1-3,6,10H,4-5,7,12H2,(H,13,14). The molecule has 74 valence electrons. The zero-order valence-electron chi connectivity index (χ0n) is 7.99. The molecule has 0 spiro atoms. The Hall–Kier alpha value is -1.35. The van der Waals surface area contributed by atoms with Gasteiger partial charge in [0, 0.05) is 18.2 Å². The van der Waals surface area contributed by atoms with Crippen LogP contribution >= 0.6 is 0 Å². The maximum Gasteiger partial charge on any atom is 0.251 e. The van der Waals surface area contributed by atoms with E-state index >= 15 is 0 Å². The molecule has 14 heavy (non-hydrogen) atoms. The van der Waals surface area contributed by atoms with Crippen LogP contribution < -0.4 is 11.1 Å². The predicted molar refractivity (Wildman–Crippen MR) is 54.8 cm³/mol. The quantitative estimate of drug-likeness (QED) is 0.748. The minimum atomic E-state index is 0.0165. The molecule has 1 aromatic rings. The first-order valence-corrected chi connectivity index (χ1v) is 4.89. The van der Waals surface area contributed by atoms with Crippen LogP contribution in [0.4, 0.5) is 0 Å². The van der Waals surface area contributed by atoms with Crippen LogP contribution in [0.3, 0.4) is 0 Å². The third kappa shape index (κ3) is 2.12. The Morgan fingerprint density at radius 2 is 2.29 bits per heavy atom. The molecule has 1 aliphatic rings. The van der Waals surface area contributed by atoms with E-state index in [4.69, 9.17) is 5.73 Å². The Balaban J connectivity index is 2.09. The molecule has 3 heteroatoms. The molecule has 1 aromatic carbocycles. The molecule has 2 rings (SSSR count). The number of amides is 1. The Morgan fingerprint density at radius 1 is 1.50 bits per heavy atom. The second-order valence-corrected chi connectivity index (χ2v) is 3.65. The van der Waals surface area contributed by atoms with Gasteiger partial charge in [0.1, 0.15) is 0 Å². The van der Waals surface area contributed by atoms with Crippen LogP contribution in [-0.2, 0) is 6.54 Å². The predicted octanol–water partition coefficient (Wildman–Crippen LogP) is 1.04. The molecular formula is C11H14N2O. The number of carbonyl (C=O) groups excluding carboxylic acids is 1. The third-order valence-corrected chi connectivity index (χ3v) is 2.34. The topological polar surface area (TPSA) is 55.1 Å². The van der Waals surface area contributed by atoms with Gasteiger partial charge in [-0.15, -0.1) is 0 Å². The second-order valence-electron chi connectivity index (χ2n) is 3.65. The van der Waals surface area contributed by atoms with Gasteiger partial charge in [0.2, 0.25) is 0 Å². The van der Waals surface area contributed by atoms with E-state index in [2.05, 4.69) is 5.32 Å². The van der Waals surface area contributed by atoms with E-state index in [9.17, 15) is 4.79 Å². The normalized spacial score (nSPS) is 15.2. The summed E-state index contributed by atoms with van der Waals surface area (Å²) < 4.78 is 0. The Morgan fingerprint density at radius 3 is 2.93 bits per heavy atom. The van der Waals surface area contributed by atoms with Gasteiger partial charge in [-0.1, -0.05) is 12.1 Å². The lowest BCUT2D eigenvalue weighted by Crippen LogP contribution is -2.25. The van der Waals surface area contributed by atoms with Gasteiger partial charge in [-0.3, -0.25) is 4.79 Å². The van der Waals surface area contributed by atoms with E-state index in [0.717, 1.165) is 18.4 Å². The van der Waals surface area contributed by atoms with Crippen molar-refractivity contribution in [2.24, 2.45) is 5.73 Å². The summed E-state index contributed by atoms with van der Waals surface area (Å²) >= 11 is 0. The number of hydrogen-bond donors (Lipinski definition) is 2. The van der Waals surface area contributed by atoms with Gasteiger partial charge in [-0.2, -0.15) is 0 Å². The molecule has 0 heterocycles. The highest BCUT2D eigenvalue weighted by atomic mass is 16.1. The second kappa shape index (κ2) is 3.80. The van der Waals surface area contributed by atoms with Gasteiger partial charge in [0.25, 0.3) is 5.91 Å². The number of hydrogen-bond acceptors (Lipinski definition) is 2. The van der Waals surface area contributed by atoms with Crippen molar-refractivity contribution in [3.8, 4) is 0 Å². The molecule has 0 aromatic heterocycles. The lowest BCUT2D eigenvalue weighted by atomic mass is 10.1. The van der Waals surface area contributed by atoms with E-state index in [1.165, 1.54) is 0 Å². The molecule has 1 amide bonds. The Bertz CT molecular complexity index is 345. The van der Waals surface area contributed by atoms with Crippen molar-refractivity contribution in [1.82, 2.24) is 5.32 Å². The molecule has 0 aliphatic heterocycles. The monoisotopic (exact) mass is 190 g/mol. The van der Waals surface area contributed by atoms with Crippen molar-refractivity contribution in [2.45, 2.75) is 25.4 Å². The maximum absolute atomic E-state index is 11.6. The lowest BCUT2D eigenvalue weighted by molar-refractivity contribution is 0.0951. The fraction of sp³-hybridized carbons (Fsp3) is 0.364. The highest BCUT2D eigenvalue weighted by molar-refractivity contribution is 5.94. The van der Waals surface area contributed by atoms with E-state index < -0.39 is 0 Å². The summed E-state index contributed by atoms with van der Waals surface area (Å²) in [5.41, 5.74) is 7.20. The smallest absolute Gasteiger partial charge is 0.251 e. The largest absolute Gasteiger partial charge is 0.349 e. The van der Waals surface area contributed by atoms with Gasteiger partial charge in [-0.05, 0) is 30.5 Å². The van der Waals surface area contributed by atoms with Gasteiger partial charge in [0.05, 0.1) is 0 Å². The minimum Gasteiger partial charge on any atom is -0.349 e. The number of benzene rings is 1. The highest BCUT2D eigenvalue weighted by Crippen LogP contribution is 2.19. The van der Waals surface area contributed by atoms with Gasteiger partial charge in [0.15, 0.2) is 0 Å². The van der Waals surface area contributed by atoms with E-state index in [1.54, 1.807) is 0 Å².